The second-order valence-electron chi connectivity index (χ2n) is 7.97. The first-order chi connectivity index (χ1) is 14.5. The molecular weight excluding hydrogens is 456 g/mol. The standard InChI is InChI=1S/C21H23Cl2F3N2O3/c22-16-7-4-13(10-17(16)23)12-2-5-14(6-3-12)27-19(30)15-11-28(20(31)18(15)29)9-1-8-21(24,25)26/h4,7,10,12,14,29H,1-3,5-6,8-9,11H2,(H,27,30)/t12-,14+. The molecule has 1 aromatic rings. The third kappa shape index (κ3) is 6.07. The number of hydrogen-bond donors (Lipinski definition) is 2. The predicted molar refractivity (Wildman–Crippen MR) is 111 cm³/mol. The van der Waals surface area contributed by atoms with E-state index in [2.05, 4.69) is 5.32 Å². The summed E-state index contributed by atoms with van der Waals surface area (Å²) in [5.74, 6) is -1.75. The molecule has 10 heteroatoms. The summed E-state index contributed by atoms with van der Waals surface area (Å²) in [6.07, 6.45) is -2.53. The van der Waals surface area contributed by atoms with Crippen LogP contribution in [0, 0.1) is 0 Å². The van der Waals surface area contributed by atoms with Gasteiger partial charge in [-0.05, 0) is 55.7 Å². The van der Waals surface area contributed by atoms with Crippen LogP contribution in [0.25, 0.3) is 0 Å². The second kappa shape index (κ2) is 9.69. The van der Waals surface area contributed by atoms with Crippen molar-refractivity contribution >= 4 is 35.0 Å². The van der Waals surface area contributed by atoms with E-state index in [0.29, 0.717) is 28.8 Å². The molecule has 170 valence electrons. The lowest BCUT2D eigenvalue weighted by molar-refractivity contribution is -0.139. The van der Waals surface area contributed by atoms with Crippen molar-refractivity contribution in [2.45, 2.75) is 56.7 Å². The van der Waals surface area contributed by atoms with Gasteiger partial charge in [-0.25, -0.2) is 0 Å². The fourth-order valence-electron chi connectivity index (χ4n) is 4.06. The first-order valence-electron chi connectivity index (χ1n) is 10.1. The van der Waals surface area contributed by atoms with Crippen molar-refractivity contribution in [3.05, 3.63) is 45.1 Å². The summed E-state index contributed by atoms with van der Waals surface area (Å²) in [6, 6.07) is 5.45. The number of benzene rings is 1. The fourth-order valence-corrected chi connectivity index (χ4v) is 4.36. The Morgan fingerprint density at radius 2 is 1.84 bits per heavy atom. The number of alkyl halides is 3. The quantitative estimate of drug-likeness (QED) is 0.595. The normalized spacial score (nSPS) is 22.2. The zero-order valence-corrected chi connectivity index (χ0v) is 18.2. The number of nitrogens with one attached hydrogen (secondary N) is 1. The molecule has 0 spiro atoms. The molecule has 3 rings (SSSR count). The largest absolute Gasteiger partial charge is 0.503 e. The van der Waals surface area contributed by atoms with Crippen molar-refractivity contribution in [2.24, 2.45) is 0 Å². The van der Waals surface area contributed by atoms with Crippen molar-refractivity contribution in [2.75, 3.05) is 13.1 Å². The topological polar surface area (TPSA) is 69.6 Å². The van der Waals surface area contributed by atoms with Gasteiger partial charge in [0.15, 0.2) is 5.76 Å². The van der Waals surface area contributed by atoms with Crippen LogP contribution >= 0.6 is 23.2 Å². The number of aliphatic hydroxyl groups excluding tert-OH is 1. The van der Waals surface area contributed by atoms with E-state index in [4.69, 9.17) is 23.2 Å². The molecule has 2 aliphatic rings. The number of nitrogens with zero attached hydrogens (tertiary/aromatic N) is 1. The first-order valence-corrected chi connectivity index (χ1v) is 10.8. The molecule has 0 unspecified atom stereocenters. The number of halogens is 5. The van der Waals surface area contributed by atoms with Crippen LogP contribution in [-0.2, 0) is 9.59 Å². The van der Waals surface area contributed by atoms with Crippen LogP contribution in [0.2, 0.25) is 10.0 Å². The monoisotopic (exact) mass is 478 g/mol. The van der Waals surface area contributed by atoms with Gasteiger partial charge >= 0.3 is 6.18 Å². The van der Waals surface area contributed by atoms with Crippen molar-refractivity contribution in [3.63, 3.8) is 0 Å². The summed E-state index contributed by atoms with van der Waals surface area (Å²) < 4.78 is 36.9. The minimum Gasteiger partial charge on any atom is -0.503 e. The molecule has 2 amide bonds. The fraction of sp³-hybridized carbons (Fsp3) is 0.524. The molecular formula is C21H23Cl2F3N2O3. The number of amides is 2. The lowest BCUT2D eigenvalue weighted by Gasteiger charge is -2.29. The molecule has 0 bridgehead atoms. The average Bonchev–Trinajstić information content (AvgIpc) is 2.98. The number of carbonyl (C=O) groups is 2. The van der Waals surface area contributed by atoms with E-state index in [1.807, 2.05) is 12.1 Å². The van der Waals surface area contributed by atoms with E-state index in [1.165, 1.54) is 0 Å². The van der Waals surface area contributed by atoms with Crippen LogP contribution in [-0.4, -0.2) is 47.1 Å². The van der Waals surface area contributed by atoms with Gasteiger partial charge in [0, 0.05) is 19.0 Å². The molecule has 1 aliphatic heterocycles. The van der Waals surface area contributed by atoms with Gasteiger partial charge in [0.2, 0.25) is 0 Å². The predicted octanol–water partition coefficient (Wildman–Crippen LogP) is 5.13. The third-order valence-corrected chi connectivity index (χ3v) is 6.50. The highest BCUT2D eigenvalue weighted by Gasteiger charge is 2.36. The minimum atomic E-state index is -4.31. The van der Waals surface area contributed by atoms with Crippen LogP contribution in [0.3, 0.4) is 0 Å². The Morgan fingerprint density at radius 1 is 1.16 bits per heavy atom. The summed E-state index contributed by atoms with van der Waals surface area (Å²) in [7, 11) is 0. The number of hydrogen-bond acceptors (Lipinski definition) is 3. The van der Waals surface area contributed by atoms with Crippen LogP contribution < -0.4 is 5.32 Å². The molecule has 0 radical (unpaired) electrons. The van der Waals surface area contributed by atoms with E-state index < -0.39 is 30.2 Å². The van der Waals surface area contributed by atoms with E-state index in [9.17, 15) is 27.9 Å². The van der Waals surface area contributed by atoms with Crippen molar-refractivity contribution in [1.29, 1.82) is 0 Å². The minimum absolute atomic E-state index is 0.0939. The van der Waals surface area contributed by atoms with Crippen LogP contribution in [0.1, 0.15) is 50.0 Å². The molecule has 1 aliphatic carbocycles. The maximum atomic E-state index is 12.6. The van der Waals surface area contributed by atoms with Crippen LogP contribution in [0.5, 0.6) is 0 Å². The summed E-state index contributed by atoms with van der Waals surface area (Å²) in [6.45, 7) is -0.360. The maximum Gasteiger partial charge on any atom is 0.389 e. The molecule has 5 nitrogen and oxygen atoms in total. The number of aliphatic hydroxyl groups is 1. The van der Waals surface area contributed by atoms with Crippen molar-refractivity contribution in [1.82, 2.24) is 10.2 Å². The Bertz CT molecular complexity index is 881. The zero-order valence-electron chi connectivity index (χ0n) is 16.6. The first kappa shape index (κ1) is 23.7. The second-order valence-corrected chi connectivity index (χ2v) is 8.78. The summed E-state index contributed by atoms with van der Waals surface area (Å²) in [5, 5.41) is 13.9. The lowest BCUT2D eigenvalue weighted by atomic mass is 9.81. The molecule has 1 saturated carbocycles. The van der Waals surface area contributed by atoms with Gasteiger partial charge in [-0.2, -0.15) is 13.2 Å². The smallest absolute Gasteiger partial charge is 0.389 e. The van der Waals surface area contributed by atoms with Crippen LogP contribution in [0.15, 0.2) is 29.5 Å². The summed E-state index contributed by atoms with van der Waals surface area (Å²) >= 11 is 12.1. The Labute approximate surface area is 188 Å². The molecule has 1 fully saturated rings. The van der Waals surface area contributed by atoms with Gasteiger partial charge in [-0.15, -0.1) is 0 Å². The highest BCUT2D eigenvalue weighted by molar-refractivity contribution is 6.42. The Hall–Kier alpha value is -1.93. The third-order valence-electron chi connectivity index (χ3n) is 5.76. The van der Waals surface area contributed by atoms with Gasteiger partial charge in [0.25, 0.3) is 11.8 Å². The van der Waals surface area contributed by atoms with Crippen LogP contribution in [0.4, 0.5) is 13.2 Å². The maximum absolute atomic E-state index is 12.6. The number of carbonyl (C=O) groups excluding carboxylic acids is 2. The van der Waals surface area contributed by atoms with Crippen molar-refractivity contribution < 1.29 is 27.9 Å². The summed E-state index contributed by atoms with van der Waals surface area (Å²) in [5.41, 5.74) is 0.999. The Kier molecular flexibility index (Phi) is 7.42. The molecule has 1 heterocycles. The highest BCUT2D eigenvalue weighted by Crippen LogP contribution is 2.35. The Morgan fingerprint density at radius 3 is 2.45 bits per heavy atom. The van der Waals surface area contributed by atoms with Gasteiger partial charge in [-0.1, -0.05) is 29.3 Å². The van der Waals surface area contributed by atoms with E-state index in [0.717, 1.165) is 23.3 Å². The van der Waals surface area contributed by atoms with Gasteiger partial charge < -0.3 is 15.3 Å². The molecule has 1 aromatic carbocycles. The summed E-state index contributed by atoms with van der Waals surface area (Å²) in [4.78, 5) is 25.7. The molecule has 0 aromatic heterocycles. The van der Waals surface area contributed by atoms with E-state index >= 15 is 0 Å². The molecule has 31 heavy (non-hydrogen) atoms. The average molecular weight is 479 g/mol. The van der Waals surface area contributed by atoms with E-state index in [-0.39, 0.29) is 31.1 Å². The van der Waals surface area contributed by atoms with Crippen molar-refractivity contribution in [3.8, 4) is 0 Å². The van der Waals surface area contributed by atoms with Gasteiger partial charge in [0.1, 0.15) is 0 Å². The van der Waals surface area contributed by atoms with Gasteiger partial charge in [0.05, 0.1) is 22.2 Å². The van der Waals surface area contributed by atoms with Gasteiger partial charge in [-0.3, -0.25) is 9.59 Å². The molecule has 2 N–H and O–H groups in total. The zero-order chi connectivity index (χ0) is 22.8. The highest BCUT2D eigenvalue weighted by atomic mass is 35.5. The Balaban J connectivity index is 1.50. The number of rotatable bonds is 6. The molecule has 0 saturated heterocycles. The lowest BCUT2D eigenvalue weighted by Crippen LogP contribution is -2.39. The SMILES string of the molecule is O=C(N[C@H]1CC[C@@H](c2ccc(Cl)c(Cl)c2)CC1)C1=C(O)C(=O)N(CCCC(F)(F)F)C1. The molecule has 0 atom stereocenters. The van der Waals surface area contributed by atoms with E-state index in [1.54, 1.807) is 6.07 Å².